The van der Waals surface area contributed by atoms with Crippen LogP contribution in [0.15, 0.2) is 0 Å². The lowest BCUT2D eigenvalue weighted by atomic mass is 9.95. The smallest absolute Gasteiger partial charge is 0.462 e. The first kappa shape index (κ1) is 60.1. The molecule has 13 nitrogen and oxygen atoms in total. The Morgan fingerprint density at radius 3 is 1.52 bits per heavy atom. The highest BCUT2D eigenvalue weighted by molar-refractivity contribution is 7.32. The molecule has 1 saturated heterocycles. The molecule has 0 aromatic carbocycles. The van der Waals surface area contributed by atoms with Crippen LogP contribution in [0.5, 0.6) is 0 Å². The third kappa shape index (κ3) is 27.7. The number of aliphatic hydroxyl groups excluding tert-OH is 3. The second-order valence-electron chi connectivity index (χ2n) is 18.0. The van der Waals surface area contributed by atoms with Gasteiger partial charge in [0.25, 0.3) is 5.91 Å². The van der Waals surface area contributed by atoms with Gasteiger partial charge < -0.3 is 34.8 Å². The first-order valence-electron chi connectivity index (χ1n) is 25.3. The molecule has 376 valence electrons. The molecule has 0 saturated carbocycles. The molecule has 0 spiro atoms. The highest BCUT2D eigenvalue weighted by Gasteiger charge is 2.55. The van der Waals surface area contributed by atoms with E-state index in [9.17, 15) is 39.2 Å². The zero-order valence-electron chi connectivity index (χ0n) is 39.8. The van der Waals surface area contributed by atoms with Gasteiger partial charge in [0.2, 0.25) is 0 Å². The van der Waals surface area contributed by atoms with Gasteiger partial charge in [0.1, 0.15) is 24.4 Å². The number of unbranched alkanes of at least 4 members (excludes halogenated alkanes) is 26. The molecule has 8 unspecified atom stereocenters. The van der Waals surface area contributed by atoms with Gasteiger partial charge in [0.05, 0.1) is 13.0 Å². The van der Waals surface area contributed by atoms with Gasteiger partial charge in [-0.25, -0.2) is 0 Å². The van der Waals surface area contributed by atoms with Gasteiger partial charge >= 0.3 is 26.1 Å². The number of aliphatic hydroxyl groups is 3. The van der Waals surface area contributed by atoms with Crippen molar-refractivity contribution in [2.75, 3.05) is 6.61 Å². The molecule has 1 aliphatic heterocycles. The predicted octanol–water partition coefficient (Wildman–Crippen LogP) is 11.0. The summed E-state index contributed by atoms with van der Waals surface area (Å²) in [5.74, 6) is -7.85. The minimum absolute atomic E-state index is 0.164. The quantitative estimate of drug-likeness (QED) is 0.0221. The normalized spacial score (nSPS) is 20.1. The molecule has 0 aromatic heterocycles. The van der Waals surface area contributed by atoms with Crippen LogP contribution in [0, 0.1) is 0 Å². The zero-order valence-corrected chi connectivity index (χ0v) is 40.7. The minimum atomic E-state index is -4.34. The van der Waals surface area contributed by atoms with Gasteiger partial charge in [-0.15, -0.1) is 9.42 Å². The first-order valence-corrected chi connectivity index (χ1v) is 26.5. The van der Waals surface area contributed by atoms with E-state index in [-0.39, 0.29) is 19.3 Å². The zero-order chi connectivity index (χ0) is 47.4. The van der Waals surface area contributed by atoms with E-state index >= 15 is 8.78 Å². The third-order valence-corrected chi connectivity index (χ3v) is 12.7. The second kappa shape index (κ2) is 38.1. The van der Waals surface area contributed by atoms with Gasteiger partial charge in [-0.1, -0.05) is 194 Å². The van der Waals surface area contributed by atoms with Crippen molar-refractivity contribution in [2.24, 2.45) is 0 Å². The van der Waals surface area contributed by atoms with Crippen molar-refractivity contribution >= 4 is 26.1 Å². The van der Waals surface area contributed by atoms with Crippen LogP contribution in [0.3, 0.4) is 0 Å². The van der Waals surface area contributed by atoms with Gasteiger partial charge in [-0.05, 0) is 25.7 Å². The number of ether oxygens (including phenoxy) is 3. The predicted molar refractivity (Wildman–Crippen MR) is 245 cm³/mol. The Morgan fingerprint density at radius 2 is 1.08 bits per heavy atom. The third-order valence-electron chi connectivity index (χ3n) is 12.2. The number of alkyl halides is 2. The molecule has 1 aliphatic rings. The SMILES string of the molecule is CCCCCCCCCCCCCC(=O)OC(CCCCCCCCCCC)CC(=O)OC1C(NC(=O)C(F)(F)C(O)CCCCCCCCCCC)C(O)OC(CO)C1O[P+](=O)O. The molecule has 5 N–H and O–H groups in total. The largest absolute Gasteiger partial charge is 0.695 e. The number of carbonyl (C=O) groups excluding carboxylic acids is 3. The molecule has 0 radical (unpaired) electrons. The Labute approximate surface area is 385 Å². The highest BCUT2D eigenvalue weighted by atomic mass is 31.1. The summed E-state index contributed by atoms with van der Waals surface area (Å²) in [5.41, 5.74) is 0. The Hall–Kier alpha value is -1.87. The standard InChI is InChI=1S/C48H88F2NO12P/c1-4-7-10-13-16-19-20-23-26-29-32-35-41(54)60-38(33-30-27-24-21-17-14-11-8-5-2)36-42(55)62-45-43(46(56)61-39(37-52)44(45)63-64(58)59)51-47(57)48(49,50)40(53)34-31-28-25-22-18-15-12-9-6-3/h38-40,43-46,52-53,56H,4-37H2,1-3H3,(H-,51,57,58,59)/p+1. The van der Waals surface area contributed by atoms with E-state index in [1.807, 2.05) is 5.32 Å². The maximum absolute atomic E-state index is 15.4. The number of hydrogen-bond donors (Lipinski definition) is 5. The molecule has 1 rings (SSSR count). The Morgan fingerprint density at radius 1 is 0.656 bits per heavy atom. The van der Waals surface area contributed by atoms with E-state index in [1.165, 1.54) is 70.6 Å². The van der Waals surface area contributed by atoms with Crippen LogP contribution < -0.4 is 5.32 Å². The molecule has 0 bridgehead atoms. The molecule has 1 amide bonds. The van der Waals surface area contributed by atoms with Crippen molar-refractivity contribution in [2.45, 2.75) is 281 Å². The summed E-state index contributed by atoms with van der Waals surface area (Å²) < 4.78 is 64.4. The van der Waals surface area contributed by atoms with E-state index < -0.39 is 87.9 Å². The summed E-state index contributed by atoms with van der Waals surface area (Å²) in [5, 5.41) is 33.2. The Kier molecular flexibility index (Phi) is 35.8. The lowest BCUT2D eigenvalue weighted by molar-refractivity contribution is -0.256. The van der Waals surface area contributed by atoms with E-state index in [2.05, 4.69) is 20.8 Å². The summed E-state index contributed by atoms with van der Waals surface area (Å²) in [6, 6.07) is -1.98. The number of halogens is 2. The van der Waals surface area contributed by atoms with Crippen molar-refractivity contribution in [3.8, 4) is 0 Å². The maximum atomic E-state index is 15.4. The summed E-state index contributed by atoms with van der Waals surface area (Å²) >= 11 is 0. The average Bonchev–Trinajstić information content (AvgIpc) is 3.25. The van der Waals surface area contributed by atoms with Crippen LogP contribution in [0.2, 0.25) is 0 Å². The number of hydrogen-bond acceptors (Lipinski definition) is 11. The molecule has 64 heavy (non-hydrogen) atoms. The van der Waals surface area contributed by atoms with Crippen LogP contribution in [-0.2, 0) is 37.7 Å². The monoisotopic (exact) mass is 941 g/mol. The fourth-order valence-corrected chi connectivity index (χ4v) is 8.73. The fourth-order valence-electron chi connectivity index (χ4n) is 8.27. The molecule has 16 heteroatoms. The van der Waals surface area contributed by atoms with Crippen molar-refractivity contribution in [3.63, 3.8) is 0 Å². The van der Waals surface area contributed by atoms with E-state index in [0.717, 1.165) is 89.9 Å². The van der Waals surface area contributed by atoms with Crippen molar-refractivity contribution in [1.82, 2.24) is 5.32 Å². The summed E-state index contributed by atoms with van der Waals surface area (Å²) in [6.45, 7) is 5.60. The fraction of sp³-hybridized carbons (Fsp3) is 0.938. The minimum Gasteiger partial charge on any atom is -0.462 e. The Bertz CT molecular complexity index is 1220. The lowest BCUT2D eigenvalue weighted by Gasteiger charge is -2.42. The van der Waals surface area contributed by atoms with Crippen LogP contribution in [0.4, 0.5) is 8.78 Å². The van der Waals surface area contributed by atoms with Crippen molar-refractivity contribution in [3.05, 3.63) is 0 Å². The molecule has 0 aliphatic carbocycles. The lowest BCUT2D eigenvalue weighted by Crippen LogP contribution is -2.67. The van der Waals surface area contributed by atoms with Crippen LogP contribution >= 0.6 is 8.25 Å². The topological polar surface area (TPSA) is 198 Å². The summed E-state index contributed by atoms with van der Waals surface area (Å²) in [7, 11) is -3.46. The van der Waals surface area contributed by atoms with E-state index in [4.69, 9.17) is 18.7 Å². The molecule has 0 aromatic rings. The maximum Gasteiger partial charge on any atom is 0.695 e. The average molecular weight is 941 g/mol. The first-order chi connectivity index (χ1) is 30.8. The van der Waals surface area contributed by atoms with Crippen molar-refractivity contribution < 1.29 is 66.7 Å². The molecule has 1 heterocycles. The number of amides is 1. The van der Waals surface area contributed by atoms with Gasteiger partial charge in [-0.3, -0.25) is 14.4 Å². The number of esters is 2. The number of rotatable bonds is 42. The molecular weight excluding hydrogens is 851 g/mol. The van der Waals surface area contributed by atoms with Gasteiger partial charge in [0.15, 0.2) is 18.5 Å². The summed E-state index contributed by atoms with van der Waals surface area (Å²) in [4.78, 5) is 49.5. The second-order valence-corrected chi connectivity index (χ2v) is 18.7. The Balaban J connectivity index is 3.00. The van der Waals surface area contributed by atoms with Gasteiger partial charge in [0, 0.05) is 11.0 Å². The molecule has 8 atom stereocenters. The van der Waals surface area contributed by atoms with Crippen LogP contribution in [0.1, 0.15) is 233 Å². The van der Waals surface area contributed by atoms with Crippen LogP contribution in [-0.4, -0.2) is 93.4 Å². The van der Waals surface area contributed by atoms with Gasteiger partial charge in [-0.2, -0.15) is 8.78 Å². The van der Waals surface area contributed by atoms with E-state index in [1.54, 1.807) is 0 Å². The highest BCUT2D eigenvalue weighted by Crippen LogP contribution is 2.33. The van der Waals surface area contributed by atoms with Crippen LogP contribution in [0.25, 0.3) is 0 Å². The molecular formula is C48H89F2NO12P+. The summed E-state index contributed by atoms with van der Waals surface area (Å²) in [6.07, 6.45) is 18.7. The van der Waals surface area contributed by atoms with E-state index in [0.29, 0.717) is 25.7 Å². The molecule has 1 fully saturated rings. The number of nitrogens with one attached hydrogen (secondary N) is 1. The number of carbonyl (C=O) groups is 3. The van der Waals surface area contributed by atoms with Crippen molar-refractivity contribution in [1.29, 1.82) is 0 Å².